The van der Waals surface area contributed by atoms with Crippen LogP contribution in [0, 0.1) is 16.3 Å². The van der Waals surface area contributed by atoms with Gasteiger partial charge in [-0.25, -0.2) is 4.39 Å². The van der Waals surface area contributed by atoms with Crippen molar-refractivity contribution in [2.24, 2.45) is 5.73 Å². The molecule has 0 aliphatic heterocycles. The van der Waals surface area contributed by atoms with E-state index in [1.807, 2.05) is 22.6 Å². The summed E-state index contributed by atoms with van der Waals surface area (Å²) in [7, 11) is 0. The standard InChI is InChI=1S/C9H9FINO2/c1-4-6(10)2-5(3-7(4)11)8(12)9(13)14/h2-3,8H,12H2,1H3,(H,13,14). The van der Waals surface area contributed by atoms with E-state index in [1.54, 1.807) is 13.0 Å². The second-order valence-corrected chi connectivity index (χ2v) is 4.09. The van der Waals surface area contributed by atoms with Crippen LogP contribution >= 0.6 is 22.6 Å². The number of hydrogen-bond donors (Lipinski definition) is 2. The van der Waals surface area contributed by atoms with Crippen LogP contribution in [0.2, 0.25) is 0 Å². The lowest BCUT2D eigenvalue weighted by Gasteiger charge is -2.09. The van der Waals surface area contributed by atoms with Gasteiger partial charge in [-0.05, 0) is 52.8 Å². The summed E-state index contributed by atoms with van der Waals surface area (Å²) in [5, 5.41) is 8.64. The van der Waals surface area contributed by atoms with E-state index in [9.17, 15) is 9.18 Å². The number of halogens is 2. The second kappa shape index (κ2) is 4.22. The minimum absolute atomic E-state index is 0.282. The van der Waals surface area contributed by atoms with Crippen LogP contribution in [0.3, 0.4) is 0 Å². The van der Waals surface area contributed by atoms with Crippen molar-refractivity contribution in [2.45, 2.75) is 13.0 Å². The fourth-order valence-electron chi connectivity index (χ4n) is 0.987. The van der Waals surface area contributed by atoms with Crippen molar-refractivity contribution in [1.82, 2.24) is 0 Å². The highest BCUT2D eigenvalue weighted by Gasteiger charge is 2.16. The summed E-state index contributed by atoms with van der Waals surface area (Å²) in [6.07, 6.45) is 0. The molecule has 76 valence electrons. The summed E-state index contributed by atoms with van der Waals surface area (Å²) in [6.45, 7) is 1.63. The molecule has 0 amide bonds. The molecule has 3 N–H and O–H groups in total. The maximum atomic E-state index is 13.2. The lowest BCUT2D eigenvalue weighted by molar-refractivity contribution is -0.138. The van der Waals surface area contributed by atoms with Crippen LogP contribution in [0.5, 0.6) is 0 Å². The Labute approximate surface area is 94.2 Å². The molecular formula is C9H9FINO2. The van der Waals surface area contributed by atoms with E-state index in [4.69, 9.17) is 10.8 Å². The van der Waals surface area contributed by atoms with Crippen LogP contribution in [0.15, 0.2) is 12.1 Å². The third-order valence-electron chi connectivity index (χ3n) is 1.93. The van der Waals surface area contributed by atoms with E-state index in [0.717, 1.165) is 6.07 Å². The topological polar surface area (TPSA) is 63.3 Å². The van der Waals surface area contributed by atoms with Gasteiger partial charge in [0, 0.05) is 3.57 Å². The number of benzene rings is 1. The summed E-state index contributed by atoms with van der Waals surface area (Å²) in [4.78, 5) is 10.6. The van der Waals surface area contributed by atoms with Crippen LogP contribution in [0.25, 0.3) is 0 Å². The van der Waals surface area contributed by atoms with E-state index in [-0.39, 0.29) is 5.56 Å². The molecule has 0 aromatic heterocycles. The molecule has 1 aromatic rings. The zero-order valence-electron chi connectivity index (χ0n) is 7.42. The van der Waals surface area contributed by atoms with Gasteiger partial charge < -0.3 is 10.8 Å². The largest absolute Gasteiger partial charge is 0.480 e. The van der Waals surface area contributed by atoms with Gasteiger partial charge in [0.1, 0.15) is 11.9 Å². The van der Waals surface area contributed by atoms with Gasteiger partial charge in [0.05, 0.1) is 0 Å². The van der Waals surface area contributed by atoms with Crippen molar-refractivity contribution in [3.05, 3.63) is 32.6 Å². The molecule has 0 heterocycles. The molecule has 0 fully saturated rings. The minimum atomic E-state index is -1.17. The number of aliphatic carboxylic acids is 1. The first kappa shape index (κ1) is 11.4. The molecule has 1 unspecified atom stereocenters. The average molecular weight is 309 g/mol. The molecule has 14 heavy (non-hydrogen) atoms. The molecule has 1 rings (SSSR count). The Hall–Kier alpha value is -0.690. The van der Waals surface area contributed by atoms with Crippen molar-refractivity contribution < 1.29 is 14.3 Å². The Kier molecular flexibility index (Phi) is 3.43. The Morgan fingerprint density at radius 3 is 2.64 bits per heavy atom. The summed E-state index contributed by atoms with van der Waals surface area (Å²) >= 11 is 1.94. The zero-order chi connectivity index (χ0) is 10.9. The van der Waals surface area contributed by atoms with Crippen LogP contribution in [0.1, 0.15) is 17.2 Å². The Balaban J connectivity index is 3.19. The van der Waals surface area contributed by atoms with E-state index in [0.29, 0.717) is 9.13 Å². The molecule has 0 saturated carbocycles. The smallest absolute Gasteiger partial charge is 0.325 e. The van der Waals surface area contributed by atoms with Crippen LogP contribution in [0.4, 0.5) is 4.39 Å². The first-order valence-corrected chi connectivity index (χ1v) is 4.95. The molecule has 0 aliphatic rings. The first-order valence-electron chi connectivity index (χ1n) is 3.87. The van der Waals surface area contributed by atoms with Gasteiger partial charge in [-0.2, -0.15) is 0 Å². The molecule has 0 aliphatic carbocycles. The molecule has 3 nitrogen and oxygen atoms in total. The van der Waals surface area contributed by atoms with E-state index >= 15 is 0 Å². The predicted molar refractivity (Wildman–Crippen MR) is 58.4 cm³/mol. The highest BCUT2D eigenvalue weighted by molar-refractivity contribution is 14.1. The molecule has 5 heteroatoms. The van der Waals surface area contributed by atoms with Crippen LogP contribution in [-0.2, 0) is 4.79 Å². The van der Waals surface area contributed by atoms with Gasteiger partial charge in [0.25, 0.3) is 0 Å². The number of nitrogens with two attached hydrogens (primary N) is 1. The van der Waals surface area contributed by atoms with Crippen molar-refractivity contribution in [2.75, 3.05) is 0 Å². The van der Waals surface area contributed by atoms with Crippen LogP contribution < -0.4 is 5.73 Å². The highest BCUT2D eigenvalue weighted by Crippen LogP contribution is 2.21. The number of carboxylic acid groups (broad SMARTS) is 1. The molecule has 0 radical (unpaired) electrons. The normalized spacial score (nSPS) is 12.6. The second-order valence-electron chi connectivity index (χ2n) is 2.93. The molecule has 0 saturated heterocycles. The van der Waals surface area contributed by atoms with E-state index < -0.39 is 17.8 Å². The third-order valence-corrected chi connectivity index (χ3v) is 3.05. The molecule has 1 atom stereocenters. The van der Waals surface area contributed by atoms with E-state index in [1.165, 1.54) is 0 Å². The maximum Gasteiger partial charge on any atom is 0.325 e. The summed E-state index contributed by atoms with van der Waals surface area (Å²) < 4.78 is 13.9. The van der Waals surface area contributed by atoms with Gasteiger partial charge >= 0.3 is 5.97 Å². The van der Waals surface area contributed by atoms with Gasteiger partial charge in [0.2, 0.25) is 0 Å². The number of rotatable bonds is 2. The molecule has 0 spiro atoms. The lowest BCUT2D eigenvalue weighted by Crippen LogP contribution is -2.21. The van der Waals surface area contributed by atoms with Crippen molar-refractivity contribution in [1.29, 1.82) is 0 Å². The zero-order valence-corrected chi connectivity index (χ0v) is 9.58. The predicted octanol–water partition coefficient (Wildman–Crippen LogP) is 1.82. The van der Waals surface area contributed by atoms with Crippen molar-refractivity contribution in [3.8, 4) is 0 Å². The summed E-state index contributed by atoms with van der Waals surface area (Å²) in [5.74, 6) is -1.59. The average Bonchev–Trinajstić information content (AvgIpc) is 2.12. The number of carbonyl (C=O) groups is 1. The first-order chi connectivity index (χ1) is 6.43. The highest BCUT2D eigenvalue weighted by atomic mass is 127. The third kappa shape index (κ3) is 2.21. The van der Waals surface area contributed by atoms with Gasteiger partial charge in [0.15, 0.2) is 0 Å². The maximum absolute atomic E-state index is 13.2. The van der Waals surface area contributed by atoms with E-state index in [2.05, 4.69) is 0 Å². The van der Waals surface area contributed by atoms with Gasteiger partial charge in [-0.1, -0.05) is 0 Å². The minimum Gasteiger partial charge on any atom is -0.480 e. The lowest BCUT2D eigenvalue weighted by atomic mass is 10.1. The quantitative estimate of drug-likeness (QED) is 0.819. The molecule has 0 bridgehead atoms. The Morgan fingerprint density at radius 1 is 1.64 bits per heavy atom. The Bertz CT molecular complexity index is 358. The van der Waals surface area contributed by atoms with Crippen molar-refractivity contribution in [3.63, 3.8) is 0 Å². The fourth-order valence-corrected chi connectivity index (χ4v) is 1.60. The molecule has 1 aromatic carbocycles. The molecular weight excluding hydrogens is 300 g/mol. The van der Waals surface area contributed by atoms with Crippen molar-refractivity contribution >= 4 is 28.6 Å². The SMILES string of the molecule is Cc1c(F)cc(C(N)C(=O)O)cc1I. The van der Waals surface area contributed by atoms with Gasteiger partial charge in [-0.3, -0.25) is 4.79 Å². The Morgan fingerprint density at radius 2 is 2.21 bits per heavy atom. The van der Waals surface area contributed by atoms with Gasteiger partial charge in [-0.15, -0.1) is 0 Å². The fraction of sp³-hybridized carbons (Fsp3) is 0.222. The number of carboxylic acids is 1. The summed E-state index contributed by atoms with van der Waals surface area (Å²) in [6, 6.07) is 1.58. The van der Waals surface area contributed by atoms with Crippen LogP contribution in [-0.4, -0.2) is 11.1 Å². The summed E-state index contributed by atoms with van der Waals surface area (Å²) in [5.41, 5.74) is 6.14. The number of hydrogen-bond acceptors (Lipinski definition) is 2. The monoisotopic (exact) mass is 309 g/mol.